The Balaban J connectivity index is 2.58. The monoisotopic (exact) mass is 210 g/mol. The fourth-order valence-electron chi connectivity index (χ4n) is 1.24. The molecule has 0 aromatic heterocycles. The van der Waals surface area contributed by atoms with Crippen molar-refractivity contribution in [3.63, 3.8) is 0 Å². The Labute approximate surface area is 89.1 Å². The standard InChI is InChI=1S/C12H15FO2/c1-3-5-10(14)8-15-11-7-4-6-9(2)12(11)13/h4,6-7H,3,5,8H2,1-2H3. The van der Waals surface area contributed by atoms with E-state index in [4.69, 9.17) is 4.74 Å². The molecule has 0 heterocycles. The van der Waals surface area contributed by atoms with Gasteiger partial charge in [-0.15, -0.1) is 0 Å². The van der Waals surface area contributed by atoms with Gasteiger partial charge in [0, 0.05) is 6.42 Å². The number of carbonyl (C=O) groups is 1. The highest BCUT2D eigenvalue weighted by atomic mass is 19.1. The van der Waals surface area contributed by atoms with Crippen molar-refractivity contribution in [3.05, 3.63) is 29.6 Å². The molecular weight excluding hydrogens is 195 g/mol. The molecule has 0 saturated carbocycles. The fourth-order valence-corrected chi connectivity index (χ4v) is 1.24. The van der Waals surface area contributed by atoms with Crippen LogP contribution in [0.4, 0.5) is 4.39 Å². The first kappa shape index (κ1) is 11.7. The third-order valence-corrected chi connectivity index (χ3v) is 2.07. The maximum absolute atomic E-state index is 13.4. The summed E-state index contributed by atoms with van der Waals surface area (Å²) in [6, 6.07) is 4.90. The van der Waals surface area contributed by atoms with Gasteiger partial charge in [0.05, 0.1) is 0 Å². The minimum atomic E-state index is -0.387. The molecule has 0 aliphatic rings. The molecule has 0 bridgehead atoms. The van der Waals surface area contributed by atoms with E-state index in [9.17, 15) is 9.18 Å². The largest absolute Gasteiger partial charge is 0.483 e. The van der Waals surface area contributed by atoms with E-state index in [2.05, 4.69) is 0 Å². The van der Waals surface area contributed by atoms with Gasteiger partial charge in [-0.1, -0.05) is 19.1 Å². The number of benzene rings is 1. The van der Waals surface area contributed by atoms with E-state index in [0.29, 0.717) is 12.0 Å². The van der Waals surface area contributed by atoms with Crippen LogP contribution in [0, 0.1) is 12.7 Å². The molecule has 0 spiro atoms. The highest BCUT2D eigenvalue weighted by Gasteiger charge is 2.07. The van der Waals surface area contributed by atoms with Crippen molar-refractivity contribution >= 4 is 5.78 Å². The summed E-state index contributed by atoms with van der Waals surface area (Å²) in [7, 11) is 0. The molecule has 3 heteroatoms. The molecule has 0 aliphatic heterocycles. The van der Waals surface area contributed by atoms with Crippen LogP contribution < -0.4 is 4.74 Å². The first-order chi connectivity index (χ1) is 7.15. The molecule has 0 aliphatic carbocycles. The fraction of sp³-hybridized carbons (Fsp3) is 0.417. The molecule has 0 amide bonds. The normalized spacial score (nSPS) is 10.1. The van der Waals surface area contributed by atoms with Crippen molar-refractivity contribution < 1.29 is 13.9 Å². The Bertz CT molecular complexity index is 347. The average Bonchev–Trinajstić information content (AvgIpc) is 2.21. The predicted octanol–water partition coefficient (Wildman–Crippen LogP) is 2.88. The topological polar surface area (TPSA) is 26.3 Å². The second kappa shape index (κ2) is 5.49. The number of rotatable bonds is 5. The summed E-state index contributed by atoms with van der Waals surface area (Å²) < 4.78 is 18.5. The van der Waals surface area contributed by atoms with Gasteiger partial charge in [0.15, 0.2) is 17.3 Å². The first-order valence-electron chi connectivity index (χ1n) is 5.04. The lowest BCUT2D eigenvalue weighted by molar-refractivity contribution is -0.121. The zero-order valence-corrected chi connectivity index (χ0v) is 9.05. The Morgan fingerprint density at radius 3 is 2.87 bits per heavy atom. The number of aryl methyl sites for hydroxylation is 1. The van der Waals surface area contributed by atoms with Crippen LogP contribution in [-0.2, 0) is 4.79 Å². The lowest BCUT2D eigenvalue weighted by atomic mass is 10.2. The van der Waals surface area contributed by atoms with Crippen LogP contribution >= 0.6 is 0 Å². The van der Waals surface area contributed by atoms with Crippen molar-refractivity contribution in [3.8, 4) is 5.75 Å². The summed E-state index contributed by atoms with van der Waals surface area (Å²) in [5.41, 5.74) is 0.524. The molecular formula is C12H15FO2. The molecule has 0 unspecified atom stereocenters. The summed E-state index contributed by atoms with van der Waals surface area (Å²) in [6.07, 6.45) is 1.27. The van der Waals surface area contributed by atoms with E-state index in [1.54, 1.807) is 19.1 Å². The maximum atomic E-state index is 13.4. The van der Waals surface area contributed by atoms with Crippen LogP contribution in [0.25, 0.3) is 0 Å². The SMILES string of the molecule is CCCC(=O)COc1cccc(C)c1F. The van der Waals surface area contributed by atoms with Crippen molar-refractivity contribution in [2.45, 2.75) is 26.7 Å². The van der Waals surface area contributed by atoms with Crippen LogP contribution in [0.2, 0.25) is 0 Å². The second-order valence-electron chi connectivity index (χ2n) is 3.46. The molecule has 15 heavy (non-hydrogen) atoms. The maximum Gasteiger partial charge on any atom is 0.170 e. The Morgan fingerprint density at radius 2 is 2.20 bits per heavy atom. The van der Waals surface area contributed by atoms with E-state index >= 15 is 0 Å². The highest BCUT2D eigenvalue weighted by molar-refractivity contribution is 5.79. The van der Waals surface area contributed by atoms with Crippen LogP contribution in [0.1, 0.15) is 25.3 Å². The van der Waals surface area contributed by atoms with Gasteiger partial charge in [0.2, 0.25) is 0 Å². The van der Waals surface area contributed by atoms with Gasteiger partial charge in [0.1, 0.15) is 6.61 Å². The summed E-state index contributed by atoms with van der Waals surface area (Å²) in [6.45, 7) is 3.54. The van der Waals surface area contributed by atoms with Crippen molar-refractivity contribution in [2.24, 2.45) is 0 Å². The summed E-state index contributed by atoms with van der Waals surface area (Å²) in [4.78, 5) is 11.2. The Morgan fingerprint density at radius 1 is 1.47 bits per heavy atom. The quantitative estimate of drug-likeness (QED) is 0.747. The highest BCUT2D eigenvalue weighted by Crippen LogP contribution is 2.19. The van der Waals surface area contributed by atoms with Gasteiger partial charge >= 0.3 is 0 Å². The van der Waals surface area contributed by atoms with Gasteiger partial charge in [-0.2, -0.15) is 0 Å². The van der Waals surface area contributed by atoms with Crippen LogP contribution in [0.3, 0.4) is 0 Å². The second-order valence-corrected chi connectivity index (χ2v) is 3.46. The van der Waals surface area contributed by atoms with Gasteiger partial charge in [-0.25, -0.2) is 4.39 Å². The van der Waals surface area contributed by atoms with Crippen molar-refractivity contribution in [2.75, 3.05) is 6.61 Å². The van der Waals surface area contributed by atoms with E-state index in [1.807, 2.05) is 6.92 Å². The minimum absolute atomic E-state index is 0.00148. The van der Waals surface area contributed by atoms with Crippen LogP contribution in [0.15, 0.2) is 18.2 Å². The van der Waals surface area contributed by atoms with Crippen LogP contribution in [-0.4, -0.2) is 12.4 Å². The number of hydrogen-bond acceptors (Lipinski definition) is 2. The zero-order chi connectivity index (χ0) is 11.3. The van der Waals surface area contributed by atoms with Gasteiger partial charge in [-0.05, 0) is 25.0 Å². The number of Topliss-reactive ketones (excluding diaryl/α,β-unsaturated/α-hetero) is 1. The number of hydrogen-bond donors (Lipinski definition) is 0. The molecule has 0 radical (unpaired) electrons. The van der Waals surface area contributed by atoms with E-state index in [0.717, 1.165) is 6.42 Å². The van der Waals surface area contributed by atoms with E-state index in [-0.39, 0.29) is 24.0 Å². The first-order valence-corrected chi connectivity index (χ1v) is 5.04. The molecule has 1 aromatic rings. The molecule has 82 valence electrons. The van der Waals surface area contributed by atoms with Gasteiger partial charge in [0.25, 0.3) is 0 Å². The molecule has 0 fully saturated rings. The third-order valence-electron chi connectivity index (χ3n) is 2.07. The summed E-state index contributed by atoms with van der Waals surface area (Å²) in [5.74, 6) is -0.236. The smallest absolute Gasteiger partial charge is 0.170 e. The molecule has 1 aromatic carbocycles. The lowest BCUT2D eigenvalue weighted by Gasteiger charge is -2.07. The number of halogens is 1. The molecule has 0 atom stereocenters. The minimum Gasteiger partial charge on any atom is -0.483 e. The van der Waals surface area contributed by atoms with E-state index < -0.39 is 0 Å². The van der Waals surface area contributed by atoms with Crippen LogP contribution in [0.5, 0.6) is 5.75 Å². The van der Waals surface area contributed by atoms with Crippen molar-refractivity contribution in [1.29, 1.82) is 0 Å². The number of ketones is 1. The molecule has 1 rings (SSSR count). The molecule has 0 saturated heterocycles. The predicted molar refractivity (Wildman–Crippen MR) is 56.5 cm³/mol. The van der Waals surface area contributed by atoms with Crippen molar-refractivity contribution in [1.82, 2.24) is 0 Å². The number of ether oxygens (including phenoxy) is 1. The lowest BCUT2D eigenvalue weighted by Crippen LogP contribution is -2.11. The average molecular weight is 210 g/mol. The zero-order valence-electron chi connectivity index (χ0n) is 9.05. The third kappa shape index (κ3) is 3.35. The summed E-state index contributed by atoms with van der Waals surface area (Å²) in [5, 5.41) is 0. The number of carbonyl (C=O) groups excluding carboxylic acids is 1. The molecule has 2 nitrogen and oxygen atoms in total. The Hall–Kier alpha value is -1.38. The Kier molecular flexibility index (Phi) is 4.28. The van der Waals surface area contributed by atoms with Gasteiger partial charge in [-0.3, -0.25) is 4.79 Å². The summed E-state index contributed by atoms with van der Waals surface area (Å²) >= 11 is 0. The van der Waals surface area contributed by atoms with E-state index in [1.165, 1.54) is 6.07 Å². The van der Waals surface area contributed by atoms with Gasteiger partial charge < -0.3 is 4.74 Å². The molecule has 0 N–H and O–H groups in total.